The lowest BCUT2D eigenvalue weighted by Crippen LogP contribution is -2.50. The van der Waals surface area contributed by atoms with E-state index < -0.39 is 0 Å². The van der Waals surface area contributed by atoms with Gasteiger partial charge in [-0.05, 0) is 61.5 Å². The number of hydrogen-bond acceptors (Lipinski definition) is 2. The van der Waals surface area contributed by atoms with Crippen molar-refractivity contribution in [3.63, 3.8) is 0 Å². The summed E-state index contributed by atoms with van der Waals surface area (Å²) in [6.07, 6.45) is 9.67. The van der Waals surface area contributed by atoms with E-state index >= 15 is 0 Å². The molecule has 0 heterocycles. The second-order valence-corrected chi connectivity index (χ2v) is 7.43. The van der Waals surface area contributed by atoms with Crippen molar-refractivity contribution >= 4 is 0 Å². The number of rotatable bonds is 2. The van der Waals surface area contributed by atoms with Crippen LogP contribution < -0.4 is 5.32 Å². The van der Waals surface area contributed by atoms with Crippen LogP contribution >= 0.6 is 0 Å². The summed E-state index contributed by atoms with van der Waals surface area (Å²) in [7, 11) is 0. The Labute approximate surface area is 128 Å². The minimum absolute atomic E-state index is 0.122. The fraction of sp³-hybridized carbons (Fsp3) is 0.684. The first kappa shape index (κ1) is 13.8. The highest BCUT2D eigenvalue weighted by Crippen LogP contribution is 2.40. The maximum Gasteiger partial charge on any atom is 0.0693 e. The van der Waals surface area contributed by atoms with E-state index in [0.29, 0.717) is 12.1 Å². The quantitative estimate of drug-likeness (QED) is 0.875. The first-order chi connectivity index (χ1) is 10.3. The van der Waals surface area contributed by atoms with Crippen molar-refractivity contribution in [2.24, 2.45) is 11.8 Å². The van der Waals surface area contributed by atoms with Gasteiger partial charge in [0.25, 0.3) is 0 Å². The molecule has 0 radical (unpaired) electrons. The van der Waals surface area contributed by atoms with Crippen LogP contribution in [0.25, 0.3) is 0 Å². The Hall–Kier alpha value is -0.860. The first-order valence-corrected chi connectivity index (χ1v) is 8.82. The van der Waals surface area contributed by atoms with Crippen LogP contribution in [-0.4, -0.2) is 23.3 Å². The molecule has 2 heteroatoms. The summed E-state index contributed by atoms with van der Waals surface area (Å²) in [6, 6.07) is 9.98. The van der Waals surface area contributed by atoms with E-state index in [1.807, 2.05) is 0 Å². The summed E-state index contributed by atoms with van der Waals surface area (Å²) in [5, 5.41) is 14.2. The zero-order chi connectivity index (χ0) is 14.2. The number of aliphatic hydroxyl groups is 1. The lowest BCUT2D eigenvalue weighted by atomic mass is 9.88. The van der Waals surface area contributed by atoms with Crippen LogP contribution in [-0.2, 0) is 12.8 Å². The molecule has 0 aromatic heterocycles. The molecule has 4 rings (SSSR count). The van der Waals surface area contributed by atoms with Crippen LogP contribution in [0.1, 0.15) is 49.7 Å². The third kappa shape index (κ3) is 2.64. The topological polar surface area (TPSA) is 32.3 Å². The number of benzene rings is 1. The molecule has 3 aliphatic rings. The number of nitrogens with one attached hydrogen (secondary N) is 1. The lowest BCUT2D eigenvalue weighted by Gasteiger charge is -2.34. The molecule has 0 amide bonds. The maximum absolute atomic E-state index is 10.3. The molecule has 2 nitrogen and oxygen atoms in total. The monoisotopic (exact) mass is 285 g/mol. The van der Waals surface area contributed by atoms with E-state index in [9.17, 15) is 5.11 Å². The molecular weight excluding hydrogens is 258 g/mol. The molecule has 4 unspecified atom stereocenters. The average molecular weight is 285 g/mol. The van der Waals surface area contributed by atoms with E-state index in [1.165, 1.54) is 38.5 Å². The molecule has 3 aliphatic carbocycles. The van der Waals surface area contributed by atoms with Crippen molar-refractivity contribution in [1.29, 1.82) is 0 Å². The lowest BCUT2D eigenvalue weighted by molar-refractivity contribution is 0.0778. The molecule has 0 saturated heterocycles. The van der Waals surface area contributed by atoms with Crippen LogP contribution in [0.15, 0.2) is 24.3 Å². The van der Waals surface area contributed by atoms with Gasteiger partial charge in [0.1, 0.15) is 0 Å². The molecule has 1 aromatic carbocycles. The molecule has 21 heavy (non-hydrogen) atoms. The molecule has 2 fully saturated rings. The highest BCUT2D eigenvalue weighted by atomic mass is 16.3. The Morgan fingerprint density at radius 1 is 0.857 bits per heavy atom. The van der Waals surface area contributed by atoms with Gasteiger partial charge in [-0.2, -0.15) is 0 Å². The predicted molar refractivity (Wildman–Crippen MR) is 85.3 cm³/mol. The SMILES string of the molecule is OC1CCCCC1NC1C2CCC1Cc1ccccc1C2. The maximum atomic E-state index is 10.3. The van der Waals surface area contributed by atoms with Crippen LogP contribution in [0.4, 0.5) is 0 Å². The number of fused-ring (bicyclic) bond motifs is 3. The zero-order valence-electron chi connectivity index (χ0n) is 12.8. The summed E-state index contributed by atoms with van der Waals surface area (Å²) in [5.74, 6) is 1.54. The van der Waals surface area contributed by atoms with Gasteiger partial charge in [0.2, 0.25) is 0 Å². The summed E-state index contributed by atoms with van der Waals surface area (Å²) < 4.78 is 0. The van der Waals surface area contributed by atoms with Gasteiger partial charge >= 0.3 is 0 Å². The second-order valence-electron chi connectivity index (χ2n) is 7.43. The Kier molecular flexibility index (Phi) is 3.76. The molecule has 4 atom stereocenters. The Morgan fingerprint density at radius 3 is 2.10 bits per heavy atom. The number of hydrogen-bond donors (Lipinski definition) is 2. The highest BCUT2D eigenvalue weighted by molar-refractivity contribution is 5.30. The molecule has 2 N–H and O–H groups in total. The van der Waals surface area contributed by atoms with E-state index in [1.54, 1.807) is 11.1 Å². The van der Waals surface area contributed by atoms with Crippen LogP contribution in [0.5, 0.6) is 0 Å². The van der Waals surface area contributed by atoms with E-state index in [-0.39, 0.29) is 6.10 Å². The van der Waals surface area contributed by atoms with Crippen molar-refractivity contribution in [3.05, 3.63) is 35.4 Å². The predicted octanol–water partition coefficient (Wildman–Crippen LogP) is 3.07. The number of aliphatic hydroxyl groups excluding tert-OH is 1. The molecule has 114 valence electrons. The van der Waals surface area contributed by atoms with Crippen molar-refractivity contribution in [2.75, 3.05) is 0 Å². The van der Waals surface area contributed by atoms with Crippen molar-refractivity contribution in [1.82, 2.24) is 5.32 Å². The van der Waals surface area contributed by atoms with Gasteiger partial charge in [-0.3, -0.25) is 0 Å². The smallest absolute Gasteiger partial charge is 0.0693 e. The minimum Gasteiger partial charge on any atom is -0.392 e. The fourth-order valence-electron chi connectivity index (χ4n) is 4.98. The van der Waals surface area contributed by atoms with Crippen LogP contribution in [0.2, 0.25) is 0 Å². The molecule has 0 spiro atoms. The average Bonchev–Trinajstić information content (AvgIpc) is 2.76. The molecule has 1 aromatic rings. The van der Waals surface area contributed by atoms with Gasteiger partial charge in [0, 0.05) is 12.1 Å². The van der Waals surface area contributed by atoms with E-state index in [2.05, 4.69) is 29.6 Å². The van der Waals surface area contributed by atoms with Crippen molar-refractivity contribution in [3.8, 4) is 0 Å². The third-order valence-electron chi connectivity index (χ3n) is 6.14. The molecule has 0 aliphatic heterocycles. The zero-order valence-corrected chi connectivity index (χ0v) is 12.8. The van der Waals surface area contributed by atoms with Crippen LogP contribution in [0.3, 0.4) is 0 Å². The molecule has 2 saturated carbocycles. The Morgan fingerprint density at radius 2 is 1.48 bits per heavy atom. The van der Waals surface area contributed by atoms with Gasteiger partial charge in [0.15, 0.2) is 0 Å². The highest BCUT2D eigenvalue weighted by Gasteiger charge is 2.40. The summed E-state index contributed by atoms with van der Waals surface area (Å²) in [6.45, 7) is 0. The summed E-state index contributed by atoms with van der Waals surface area (Å²) >= 11 is 0. The fourth-order valence-corrected chi connectivity index (χ4v) is 4.98. The second kappa shape index (κ2) is 5.73. The van der Waals surface area contributed by atoms with Gasteiger partial charge < -0.3 is 10.4 Å². The normalized spacial score (nSPS) is 38.8. The van der Waals surface area contributed by atoms with E-state index in [4.69, 9.17) is 0 Å². The largest absolute Gasteiger partial charge is 0.392 e. The Balaban J connectivity index is 1.52. The van der Waals surface area contributed by atoms with Crippen molar-refractivity contribution in [2.45, 2.75) is 69.6 Å². The minimum atomic E-state index is -0.122. The van der Waals surface area contributed by atoms with Crippen molar-refractivity contribution < 1.29 is 5.11 Å². The summed E-state index contributed by atoms with van der Waals surface area (Å²) in [4.78, 5) is 0. The third-order valence-corrected chi connectivity index (χ3v) is 6.14. The van der Waals surface area contributed by atoms with E-state index in [0.717, 1.165) is 24.7 Å². The standard InChI is InChI=1S/C19H27NO/c21-18-8-4-3-7-17(18)20-19-15-9-10-16(19)12-14-6-2-1-5-13(14)11-15/h1-2,5-6,15-21H,3-4,7-12H2. The first-order valence-electron chi connectivity index (χ1n) is 8.82. The van der Waals surface area contributed by atoms with Gasteiger partial charge in [-0.15, -0.1) is 0 Å². The van der Waals surface area contributed by atoms with Crippen LogP contribution in [0, 0.1) is 11.8 Å². The van der Waals surface area contributed by atoms with Gasteiger partial charge in [0.05, 0.1) is 6.10 Å². The Bertz CT molecular complexity index is 467. The van der Waals surface area contributed by atoms with Gasteiger partial charge in [-0.1, -0.05) is 37.1 Å². The van der Waals surface area contributed by atoms with Gasteiger partial charge in [-0.25, -0.2) is 0 Å². The summed E-state index contributed by atoms with van der Waals surface area (Å²) in [5.41, 5.74) is 3.14. The molecular formula is C19H27NO. The molecule has 2 bridgehead atoms.